The summed E-state index contributed by atoms with van der Waals surface area (Å²) in [6.45, 7) is 12.8. The number of nitrogens with zero attached hydrogens (tertiary/aromatic N) is 4. The number of aromatic amines is 1. The monoisotopic (exact) mass is 470 g/mol. The van der Waals surface area contributed by atoms with E-state index in [0.717, 1.165) is 66.7 Å². The third-order valence-corrected chi connectivity index (χ3v) is 6.83. The minimum atomic E-state index is 0.700. The van der Waals surface area contributed by atoms with Gasteiger partial charge in [0.25, 0.3) is 0 Å². The molecule has 0 unspecified atom stereocenters. The largest absolute Gasteiger partial charge is 0.357 e. The van der Waals surface area contributed by atoms with Crippen molar-refractivity contribution in [3.63, 3.8) is 0 Å². The normalized spacial score (nSPS) is 16.3. The molecule has 5 rings (SSSR count). The number of hydrogen-bond donors (Lipinski definition) is 4. The second-order valence-electron chi connectivity index (χ2n) is 9.44. The number of anilines is 3. The summed E-state index contributed by atoms with van der Waals surface area (Å²) in [4.78, 5) is 11.4. The summed E-state index contributed by atoms with van der Waals surface area (Å²) in [7, 11) is 0. The number of piperidine rings is 1. The molecule has 5 heterocycles. The van der Waals surface area contributed by atoms with Gasteiger partial charge in [-0.15, -0.1) is 0 Å². The fourth-order valence-electron chi connectivity index (χ4n) is 4.86. The van der Waals surface area contributed by atoms with E-state index in [1.165, 1.54) is 31.2 Å². The molecule has 2 fully saturated rings. The predicted molar refractivity (Wildman–Crippen MR) is 143 cm³/mol. The number of H-pyrrole nitrogens is 1. The van der Waals surface area contributed by atoms with Crippen molar-refractivity contribution in [2.75, 3.05) is 41.7 Å². The van der Waals surface area contributed by atoms with Gasteiger partial charge in [-0.05, 0) is 74.9 Å². The van der Waals surface area contributed by atoms with Gasteiger partial charge in [0.05, 0.1) is 29.5 Å². The van der Waals surface area contributed by atoms with Crippen molar-refractivity contribution >= 4 is 28.6 Å². The van der Waals surface area contributed by atoms with Gasteiger partial charge in [0.1, 0.15) is 11.5 Å². The topological polar surface area (TPSA) is 93.8 Å². The minimum Gasteiger partial charge on any atom is -0.357 e. The fraction of sp³-hybridized carbons (Fsp3) is 0.370. The molecule has 0 aliphatic carbocycles. The Morgan fingerprint density at radius 1 is 1.00 bits per heavy atom. The Bertz CT molecular complexity index is 1150. The van der Waals surface area contributed by atoms with Gasteiger partial charge < -0.3 is 20.9 Å². The van der Waals surface area contributed by atoms with Crippen LogP contribution in [0.5, 0.6) is 0 Å². The Hall–Kier alpha value is -3.65. The van der Waals surface area contributed by atoms with Gasteiger partial charge in [0.2, 0.25) is 0 Å². The first-order chi connectivity index (χ1) is 17.2. The zero-order chi connectivity index (χ0) is 24.0. The predicted octanol–water partition coefficient (Wildman–Crippen LogP) is 4.51. The van der Waals surface area contributed by atoms with E-state index in [1.54, 1.807) is 6.20 Å². The van der Waals surface area contributed by atoms with Crippen molar-refractivity contribution in [1.82, 2.24) is 25.5 Å². The first-order valence-corrected chi connectivity index (χ1v) is 12.5. The molecular formula is C27H34N8. The van der Waals surface area contributed by atoms with Crippen LogP contribution in [-0.4, -0.2) is 46.3 Å². The Balaban J connectivity index is 1.21. The fourth-order valence-corrected chi connectivity index (χ4v) is 4.86. The van der Waals surface area contributed by atoms with Crippen LogP contribution in [0.4, 0.5) is 17.2 Å². The molecule has 8 heteroatoms. The second kappa shape index (κ2) is 10.7. The van der Waals surface area contributed by atoms with Crippen LogP contribution in [0.1, 0.15) is 42.5 Å². The van der Waals surface area contributed by atoms with Gasteiger partial charge in [0.15, 0.2) is 0 Å². The molecule has 3 aromatic heterocycles. The third kappa shape index (κ3) is 5.71. The van der Waals surface area contributed by atoms with Crippen LogP contribution in [-0.2, 0) is 6.42 Å². The zero-order valence-electron chi connectivity index (χ0n) is 20.2. The third-order valence-electron chi connectivity index (χ3n) is 6.83. The molecule has 0 spiro atoms. The van der Waals surface area contributed by atoms with Crippen molar-refractivity contribution in [1.29, 1.82) is 0 Å². The van der Waals surface area contributed by atoms with Crippen LogP contribution >= 0.6 is 0 Å². The molecule has 0 saturated carbocycles. The lowest BCUT2D eigenvalue weighted by atomic mass is 9.91. The Kier molecular flexibility index (Phi) is 7.09. The van der Waals surface area contributed by atoms with E-state index in [4.69, 9.17) is 0 Å². The van der Waals surface area contributed by atoms with E-state index >= 15 is 0 Å². The summed E-state index contributed by atoms with van der Waals surface area (Å²) in [6.07, 6.45) is 13.4. The van der Waals surface area contributed by atoms with Crippen LogP contribution in [0.25, 0.3) is 11.4 Å². The molecule has 3 aromatic rings. The molecule has 0 amide bonds. The van der Waals surface area contributed by atoms with E-state index in [-0.39, 0.29) is 0 Å². The minimum absolute atomic E-state index is 0.700. The molecule has 2 saturated heterocycles. The molecule has 4 N–H and O–H groups in total. The lowest BCUT2D eigenvalue weighted by Gasteiger charge is -2.22. The molecular weight excluding hydrogens is 436 g/mol. The smallest absolute Gasteiger partial charge is 0.128 e. The number of rotatable bonds is 9. The van der Waals surface area contributed by atoms with Gasteiger partial charge in [-0.1, -0.05) is 13.2 Å². The van der Waals surface area contributed by atoms with E-state index in [0.29, 0.717) is 11.6 Å². The first-order valence-electron chi connectivity index (χ1n) is 12.5. The number of aromatic nitrogens is 4. The van der Waals surface area contributed by atoms with Crippen LogP contribution in [0.3, 0.4) is 0 Å². The lowest BCUT2D eigenvalue weighted by molar-refractivity contribution is 0.372. The van der Waals surface area contributed by atoms with Crippen molar-refractivity contribution in [3.05, 3.63) is 73.0 Å². The Labute approximate surface area is 207 Å². The second-order valence-corrected chi connectivity index (χ2v) is 9.44. The molecule has 2 aliphatic rings. The molecule has 0 radical (unpaired) electrons. The SMILES string of the molecule is C=C(Nc1cn[nH]c1C(=C)Nc1ccc(N2CCCC2)nc1)c1cncc(CC2CCNCC2)c1. The van der Waals surface area contributed by atoms with Gasteiger partial charge in [-0.2, -0.15) is 5.10 Å². The lowest BCUT2D eigenvalue weighted by Crippen LogP contribution is -2.28. The highest BCUT2D eigenvalue weighted by atomic mass is 15.2. The van der Waals surface area contributed by atoms with Crippen LogP contribution < -0.4 is 20.9 Å². The summed E-state index contributed by atoms with van der Waals surface area (Å²) < 4.78 is 0. The summed E-state index contributed by atoms with van der Waals surface area (Å²) in [5.41, 5.74) is 6.16. The van der Waals surface area contributed by atoms with E-state index in [2.05, 4.69) is 66.3 Å². The number of nitrogens with one attached hydrogen (secondary N) is 4. The highest BCUT2D eigenvalue weighted by Gasteiger charge is 2.16. The van der Waals surface area contributed by atoms with Crippen molar-refractivity contribution in [2.24, 2.45) is 5.92 Å². The van der Waals surface area contributed by atoms with Crippen LogP contribution in [0.2, 0.25) is 0 Å². The summed E-state index contributed by atoms with van der Waals surface area (Å²) in [6, 6.07) is 6.28. The standard InChI is InChI=1S/C27H34N8/c1-19(23-14-22(15-29-16-23)13-21-7-9-28-10-8-21)33-25-18-31-34-27(25)20(2)32-24-5-6-26(30-17-24)35-11-3-4-12-35/h5-6,14-18,21,28,32-33H,1-4,7-13H2,(H,31,34). The summed E-state index contributed by atoms with van der Waals surface area (Å²) in [5.74, 6) is 1.73. The van der Waals surface area contributed by atoms with Crippen molar-refractivity contribution < 1.29 is 0 Å². The zero-order valence-corrected chi connectivity index (χ0v) is 20.2. The maximum Gasteiger partial charge on any atom is 0.128 e. The molecule has 182 valence electrons. The molecule has 2 aliphatic heterocycles. The van der Waals surface area contributed by atoms with Gasteiger partial charge in [-0.3, -0.25) is 10.1 Å². The van der Waals surface area contributed by atoms with Gasteiger partial charge in [0, 0.05) is 36.7 Å². The highest BCUT2D eigenvalue weighted by Crippen LogP contribution is 2.27. The van der Waals surface area contributed by atoms with E-state index in [9.17, 15) is 0 Å². The number of pyridine rings is 2. The van der Waals surface area contributed by atoms with Crippen LogP contribution in [0.15, 0.2) is 56.1 Å². The van der Waals surface area contributed by atoms with Crippen LogP contribution in [0, 0.1) is 5.92 Å². The molecule has 0 bridgehead atoms. The molecule has 0 aromatic carbocycles. The molecule has 0 atom stereocenters. The van der Waals surface area contributed by atoms with E-state index in [1.807, 2.05) is 24.7 Å². The quantitative estimate of drug-likeness (QED) is 0.366. The van der Waals surface area contributed by atoms with E-state index < -0.39 is 0 Å². The van der Waals surface area contributed by atoms with Crippen molar-refractivity contribution in [3.8, 4) is 0 Å². The molecule has 35 heavy (non-hydrogen) atoms. The van der Waals surface area contributed by atoms with Gasteiger partial charge in [-0.25, -0.2) is 4.98 Å². The highest BCUT2D eigenvalue weighted by molar-refractivity contribution is 5.84. The first kappa shape index (κ1) is 23.1. The molecule has 8 nitrogen and oxygen atoms in total. The maximum atomic E-state index is 4.61. The average Bonchev–Trinajstić information content (AvgIpc) is 3.58. The van der Waals surface area contributed by atoms with Gasteiger partial charge >= 0.3 is 0 Å². The average molecular weight is 471 g/mol. The Morgan fingerprint density at radius 3 is 2.60 bits per heavy atom. The summed E-state index contributed by atoms with van der Waals surface area (Å²) in [5, 5.41) is 17.4. The summed E-state index contributed by atoms with van der Waals surface area (Å²) >= 11 is 0. The van der Waals surface area contributed by atoms with Crippen molar-refractivity contribution in [2.45, 2.75) is 32.1 Å². The Morgan fingerprint density at radius 2 is 1.83 bits per heavy atom. The number of hydrogen-bond acceptors (Lipinski definition) is 7. The maximum absolute atomic E-state index is 4.61.